The predicted molar refractivity (Wildman–Crippen MR) is 122 cm³/mol. The van der Waals surface area contributed by atoms with Crippen molar-refractivity contribution in [1.29, 1.82) is 0 Å². The van der Waals surface area contributed by atoms with E-state index in [1.807, 2.05) is 6.07 Å². The van der Waals surface area contributed by atoms with Crippen LogP contribution >= 0.6 is 11.5 Å². The topological polar surface area (TPSA) is 80.0 Å². The first-order valence-electron chi connectivity index (χ1n) is 10.8. The quantitative estimate of drug-likeness (QED) is 0.416. The average molecular weight is 469 g/mol. The molecule has 1 aliphatic rings. The highest BCUT2D eigenvalue weighted by molar-refractivity contribution is 7.09. The minimum atomic E-state index is -1.15. The molecule has 170 valence electrons. The standard InChI is InChI=1S/C24H22F2N4O2S/c25-19-9-17(10-20(26)23(19)31)24(32)27-12-14-1-5-18(6-2-14)30-13-16-4-3-15(11-21(16)29-30)22-7-8-28-33-22/h3-4,7-11,13-14,18,31H,1-2,5-6,12H2,(H,27,32)/t14-,18-. The summed E-state index contributed by atoms with van der Waals surface area (Å²) < 4.78 is 33.2. The smallest absolute Gasteiger partial charge is 0.251 e. The van der Waals surface area contributed by atoms with Crippen molar-refractivity contribution in [3.63, 3.8) is 0 Å². The molecule has 2 aromatic heterocycles. The summed E-state index contributed by atoms with van der Waals surface area (Å²) in [6.07, 6.45) is 7.62. The zero-order valence-electron chi connectivity index (χ0n) is 17.7. The number of amides is 1. The maximum atomic E-state index is 13.5. The van der Waals surface area contributed by atoms with Gasteiger partial charge in [0.1, 0.15) is 0 Å². The molecule has 0 saturated heterocycles. The maximum Gasteiger partial charge on any atom is 0.251 e. The van der Waals surface area contributed by atoms with Gasteiger partial charge in [-0.25, -0.2) is 13.2 Å². The Balaban J connectivity index is 1.18. The number of phenols is 1. The number of carbonyl (C=O) groups excluding carboxylic acids is 1. The van der Waals surface area contributed by atoms with E-state index in [9.17, 15) is 18.7 Å². The maximum absolute atomic E-state index is 13.5. The predicted octanol–water partition coefficient (Wildman–Crippen LogP) is 5.30. The Morgan fingerprint density at radius 3 is 2.58 bits per heavy atom. The van der Waals surface area contributed by atoms with Crippen LogP contribution in [0, 0.1) is 17.6 Å². The number of hydrogen-bond acceptors (Lipinski definition) is 5. The molecule has 0 aliphatic heterocycles. The summed E-state index contributed by atoms with van der Waals surface area (Å²) in [6.45, 7) is 0.439. The first-order valence-corrected chi connectivity index (χ1v) is 11.6. The van der Waals surface area contributed by atoms with Gasteiger partial charge in [-0.1, -0.05) is 12.1 Å². The third-order valence-corrected chi connectivity index (χ3v) is 7.06. The van der Waals surface area contributed by atoms with Crippen LogP contribution in [0.3, 0.4) is 0 Å². The third kappa shape index (κ3) is 4.45. The lowest BCUT2D eigenvalue weighted by atomic mass is 9.86. The number of benzene rings is 2. The van der Waals surface area contributed by atoms with Crippen LogP contribution in [0.15, 0.2) is 48.8 Å². The van der Waals surface area contributed by atoms with Crippen molar-refractivity contribution in [2.45, 2.75) is 31.7 Å². The molecule has 2 heterocycles. The second-order valence-corrected chi connectivity index (χ2v) is 9.27. The highest BCUT2D eigenvalue weighted by atomic mass is 32.1. The van der Waals surface area contributed by atoms with Crippen LogP contribution in [0.1, 0.15) is 42.1 Å². The molecule has 2 aromatic carbocycles. The van der Waals surface area contributed by atoms with E-state index in [1.165, 1.54) is 11.5 Å². The van der Waals surface area contributed by atoms with E-state index >= 15 is 0 Å². The Morgan fingerprint density at radius 1 is 1.12 bits per heavy atom. The number of halogens is 2. The highest BCUT2D eigenvalue weighted by Gasteiger charge is 2.24. The lowest BCUT2D eigenvalue weighted by molar-refractivity contribution is 0.0940. The first-order chi connectivity index (χ1) is 16.0. The van der Waals surface area contributed by atoms with Crippen LogP contribution < -0.4 is 5.32 Å². The molecule has 33 heavy (non-hydrogen) atoms. The van der Waals surface area contributed by atoms with Crippen molar-refractivity contribution in [3.8, 4) is 16.2 Å². The Bertz CT molecular complexity index is 1270. The molecule has 1 fully saturated rings. The fraction of sp³-hybridized carbons (Fsp3) is 0.292. The van der Waals surface area contributed by atoms with Gasteiger partial charge in [0.25, 0.3) is 5.91 Å². The van der Waals surface area contributed by atoms with Crippen molar-refractivity contribution in [2.75, 3.05) is 6.54 Å². The summed E-state index contributed by atoms with van der Waals surface area (Å²) in [4.78, 5) is 13.4. The molecule has 2 N–H and O–H groups in total. The minimum absolute atomic E-state index is 0.141. The average Bonchev–Trinajstić information content (AvgIpc) is 3.50. The third-order valence-electron chi connectivity index (χ3n) is 6.27. The van der Waals surface area contributed by atoms with Crippen LogP contribution in [0.2, 0.25) is 0 Å². The number of aromatic hydroxyl groups is 1. The van der Waals surface area contributed by atoms with Gasteiger partial charge in [0.15, 0.2) is 17.4 Å². The van der Waals surface area contributed by atoms with Gasteiger partial charge >= 0.3 is 0 Å². The number of hydrogen-bond donors (Lipinski definition) is 2. The van der Waals surface area contributed by atoms with E-state index in [-0.39, 0.29) is 5.56 Å². The number of nitrogens with one attached hydrogen (secondary N) is 1. The van der Waals surface area contributed by atoms with E-state index in [2.05, 4.69) is 38.8 Å². The normalized spacial score (nSPS) is 18.5. The summed E-state index contributed by atoms with van der Waals surface area (Å²) >= 11 is 1.46. The summed E-state index contributed by atoms with van der Waals surface area (Å²) in [5.41, 5.74) is 1.93. The van der Waals surface area contributed by atoms with Crippen molar-refractivity contribution in [1.82, 2.24) is 19.5 Å². The molecular formula is C24H22F2N4O2S. The van der Waals surface area contributed by atoms with Gasteiger partial charge in [0.05, 0.1) is 16.4 Å². The molecule has 4 aromatic rings. The zero-order valence-corrected chi connectivity index (χ0v) is 18.5. The molecule has 0 spiro atoms. The number of rotatable bonds is 5. The van der Waals surface area contributed by atoms with Gasteiger partial charge in [0.2, 0.25) is 0 Å². The largest absolute Gasteiger partial charge is 0.503 e. The molecular weight excluding hydrogens is 446 g/mol. The number of aromatic nitrogens is 3. The van der Waals surface area contributed by atoms with Gasteiger partial charge in [-0.3, -0.25) is 9.48 Å². The number of carbonyl (C=O) groups is 1. The second kappa shape index (κ2) is 8.90. The van der Waals surface area contributed by atoms with Crippen molar-refractivity contribution < 1.29 is 18.7 Å². The number of nitrogens with zero attached hydrogens (tertiary/aromatic N) is 3. The molecule has 0 bridgehead atoms. The lowest BCUT2D eigenvalue weighted by Gasteiger charge is -2.28. The highest BCUT2D eigenvalue weighted by Crippen LogP contribution is 2.33. The minimum Gasteiger partial charge on any atom is -0.503 e. The summed E-state index contributed by atoms with van der Waals surface area (Å²) in [5.74, 6) is -3.63. The monoisotopic (exact) mass is 468 g/mol. The van der Waals surface area contributed by atoms with Crippen molar-refractivity contribution in [2.24, 2.45) is 5.92 Å². The zero-order chi connectivity index (χ0) is 22.9. The Morgan fingerprint density at radius 2 is 1.88 bits per heavy atom. The fourth-order valence-corrected chi connectivity index (χ4v) is 4.98. The van der Waals surface area contributed by atoms with E-state index in [0.717, 1.165) is 59.2 Å². The SMILES string of the molecule is O=C(NC[C@H]1CC[C@H](n2cc3ccc(-c4ccns4)cc3n2)CC1)c1cc(F)c(O)c(F)c1. The van der Waals surface area contributed by atoms with Crippen molar-refractivity contribution >= 4 is 28.3 Å². The fourth-order valence-electron chi connectivity index (χ4n) is 4.39. The van der Waals surface area contributed by atoms with Crippen LogP contribution in [0.25, 0.3) is 21.3 Å². The molecule has 5 rings (SSSR count). The van der Waals surface area contributed by atoms with E-state index in [0.29, 0.717) is 18.5 Å². The van der Waals surface area contributed by atoms with Gasteiger partial charge in [-0.05, 0) is 73.0 Å². The molecule has 0 radical (unpaired) electrons. The molecule has 6 nitrogen and oxygen atoms in total. The second-order valence-electron chi connectivity index (χ2n) is 8.43. The Hall–Kier alpha value is -3.33. The number of fused-ring (bicyclic) bond motifs is 1. The Kier molecular flexibility index (Phi) is 5.80. The van der Waals surface area contributed by atoms with Gasteiger partial charge in [0, 0.05) is 29.9 Å². The van der Waals surface area contributed by atoms with Gasteiger partial charge < -0.3 is 10.4 Å². The molecule has 9 heteroatoms. The molecule has 1 amide bonds. The first kappa shape index (κ1) is 21.5. The van der Waals surface area contributed by atoms with Crippen LogP contribution in [-0.2, 0) is 0 Å². The summed E-state index contributed by atoms with van der Waals surface area (Å²) in [7, 11) is 0. The molecule has 1 aliphatic carbocycles. The van der Waals surface area contributed by atoms with Crippen molar-refractivity contribution in [3.05, 3.63) is 66.0 Å². The van der Waals surface area contributed by atoms with E-state index in [4.69, 9.17) is 5.10 Å². The number of phenolic OH excluding ortho intramolecular Hbond substituents is 1. The Labute approximate surface area is 193 Å². The molecule has 0 unspecified atom stereocenters. The van der Waals surface area contributed by atoms with Gasteiger partial charge in [-0.2, -0.15) is 5.10 Å². The van der Waals surface area contributed by atoms with E-state index < -0.39 is 23.3 Å². The summed E-state index contributed by atoms with van der Waals surface area (Å²) in [5, 5.41) is 17.8. The molecule has 0 atom stereocenters. The van der Waals surface area contributed by atoms with Crippen LogP contribution in [0.5, 0.6) is 5.75 Å². The lowest BCUT2D eigenvalue weighted by Crippen LogP contribution is -2.31. The van der Waals surface area contributed by atoms with Gasteiger partial charge in [-0.15, -0.1) is 0 Å². The van der Waals surface area contributed by atoms with Crippen LogP contribution in [0.4, 0.5) is 8.78 Å². The summed E-state index contributed by atoms with van der Waals surface area (Å²) in [6, 6.07) is 10.3. The molecule has 1 saturated carbocycles. The van der Waals surface area contributed by atoms with Crippen LogP contribution in [-0.4, -0.2) is 31.7 Å². The van der Waals surface area contributed by atoms with E-state index in [1.54, 1.807) is 6.20 Å².